The van der Waals surface area contributed by atoms with E-state index in [0.717, 1.165) is 17.0 Å². The number of hydrogen-bond acceptors (Lipinski definition) is 4. The SMILES string of the molecule is CCOC(=O)c1cccc(NC(=S)N[C@@H](C)COc2ccc(C)c(C)c2)c1C. The quantitative estimate of drug-likeness (QED) is 0.526. The third-order valence-electron chi connectivity index (χ3n) is 4.43. The summed E-state index contributed by atoms with van der Waals surface area (Å²) in [5, 5.41) is 6.83. The standard InChI is InChI=1S/C22H28N2O3S/c1-6-26-21(25)19-8-7-9-20(17(19)5)24-22(28)23-16(4)13-27-18-11-10-14(2)15(3)12-18/h7-12,16H,6,13H2,1-5H3,(H2,23,24,28)/t16-/m0/s1. The van der Waals surface area contributed by atoms with Gasteiger partial charge in [0.1, 0.15) is 12.4 Å². The Morgan fingerprint density at radius 1 is 1.14 bits per heavy atom. The number of hydrogen-bond donors (Lipinski definition) is 2. The molecule has 2 N–H and O–H groups in total. The van der Waals surface area contributed by atoms with Crippen molar-refractivity contribution in [3.63, 3.8) is 0 Å². The summed E-state index contributed by atoms with van der Waals surface area (Å²) in [6.07, 6.45) is 0. The fourth-order valence-electron chi connectivity index (χ4n) is 2.65. The molecule has 0 aliphatic rings. The van der Waals surface area contributed by atoms with E-state index in [1.54, 1.807) is 19.1 Å². The highest BCUT2D eigenvalue weighted by Gasteiger charge is 2.14. The summed E-state index contributed by atoms with van der Waals surface area (Å²) in [5.41, 5.74) is 4.53. The Balaban J connectivity index is 1.91. The van der Waals surface area contributed by atoms with Crippen LogP contribution in [0.5, 0.6) is 5.75 Å². The molecule has 2 rings (SSSR count). The first kappa shape index (κ1) is 21.7. The third-order valence-corrected chi connectivity index (χ3v) is 4.65. The Kier molecular flexibility index (Phi) is 7.81. The second kappa shape index (κ2) is 10.1. The second-order valence-corrected chi connectivity index (χ2v) is 7.16. The maximum absolute atomic E-state index is 12.0. The molecule has 0 aliphatic carbocycles. The molecule has 1 atom stereocenters. The van der Waals surface area contributed by atoms with E-state index in [0.29, 0.717) is 23.9 Å². The number of esters is 1. The molecule has 0 radical (unpaired) electrons. The van der Waals surface area contributed by atoms with Gasteiger partial charge in [0.05, 0.1) is 18.2 Å². The fraction of sp³-hybridized carbons (Fsp3) is 0.364. The van der Waals surface area contributed by atoms with Crippen LogP contribution in [0.3, 0.4) is 0 Å². The summed E-state index contributed by atoms with van der Waals surface area (Å²) in [4.78, 5) is 12.0. The van der Waals surface area contributed by atoms with Crippen molar-refractivity contribution in [2.24, 2.45) is 0 Å². The molecule has 0 spiro atoms. The minimum absolute atomic E-state index is 0.00940. The first-order valence-electron chi connectivity index (χ1n) is 9.36. The van der Waals surface area contributed by atoms with Crippen molar-refractivity contribution in [1.82, 2.24) is 5.32 Å². The van der Waals surface area contributed by atoms with Gasteiger partial charge in [-0.2, -0.15) is 0 Å². The average molecular weight is 401 g/mol. The van der Waals surface area contributed by atoms with Gasteiger partial charge in [0, 0.05) is 5.69 Å². The lowest BCUT2D eigenvalue weighted by Crippen LogP contribution is -2.39. The number of anilines is 1. The molecule has 0 unspecified atom stereocenters. The van der Waals surface area contributed by atoms with Crippen molar-refractivity contribution in [2.45, 2.75) is 40.7 Å². The van der Waals surface area contributed by atoms with Crippen molar-refractivity contribution in [2.75, 3.05) is 18.5 Å². The summed E-state index contributed by atoms with van der Waals surface area (Å²) in [7, 11) is 0. The Bertz CT molecular complexity index is 852. The van der Waals surface area contributed by atoms with Gasteiger partial charge in [0.15, 0.2) is 5.11 Å². The van der Waals surface area contributed by atoms with Crippen LogP contribution >= 0.6 is 12.2 Å². The molecule has 0 aliphatic heterocycles. The number of aryl methyl sites for hydroxylation is 2. The minimum Gasteiger partial charge on any atom is -0.491 e. The average Bonchev–Trinajstić information content (AvgIpc) is 2.64. The highest BCUT2D eigenvalue weighted by molar-refractivity contribution is 7.80. The van der Waals surface area contributed by atoms with Gasteiger partial charge >= 0.3 is 5.97 Å². The van der Waals surface area contributed by atoms with Crippen molar-refractivity contribution < 1.29 is 14.3 Å². The van der Waals surface area contributed by atoms with E-state index in [-0.39, 0.29) is 12.0 Å². The Hall–Kier alpha value is -2.60. The van der Waals surface area contributed by atoms with E-state index in [9.17, 15) is 4.79 Å². The topological polar surface area (TPSA) is 59.6 Å². The van der Waals surface area contributed by atoms with Crippen molar-refractivity contribution in [1.29, 1.82) is 0 Å². The van der Waals surface area contributed by atoms with Crippen LogP contribution in [-0.4, -0.2) is 30.3 Å². The highest BCUT2D eigenvalue weighted by Crippen LogP contribution is 2.20. The van der Waals surface area contributed by atoms with Crippen molar-refractivity contribution >= 4 is 29.0 Å². The van der Waals surface area contributed by atoms with Gasteiger partial charge < -0.3 is 20.1 Å². The summed E-state index contributed by atoms with van der Waals surface area (Å²) in [6, 6.07) is 11.5. The fourth-order valence-corrected chi connectivity index (χ4v) is 2.96. The smallest absolute Gasteiger partial charge is 0.338 e. The molecule has 2 aromatic rings. The molecule has 6 heteroatoms. The monoisotopic (exact) mass is 400 g/mol. The van der Waals surface area contributed by atoms with Crippen LogP contribution in [0.4, 0.5) is 5.69 Å². The molecule has 28 heavy (non-hydrogen) atoms. The van der Waals surface area contributed by atoms with Crippen molar-refractivity contribution in [3.05, 3.63) is 58.7 Å². The number of rotatable bonds is 7. The van der Waals surface area contributed by atoms with Crippen LogP contribution < -0.4 is 15.4 Å². The Morgan fingerprint density at radius 2 is 1.89 bits per heavy atom. The van der Waals surface area contributed by atoms with Crippen LogP contribution in [0.1, 0.15) is 40.9 Å². The van der Waals surface area contributed by atoms with E-state index in [4.69, 9.17) is 21.7 Å². The molecule has 5 nitrogen and oxygen atoms in total. The third kappa shape index (κ3) is 5.96. The van der Waals surface area contributed by atoms with Crippen LogP contribution in [0, 0.1) is 20.8 Å². The zero-order valence-corrected chi connectivity index (χ0v) is 17.9. The number of carbonyl (C=O) groups is 1. The number of nitrogens with one attached hydrogen (secondary N) is 2. The normalized spacial score (nSPS) is 11.5. The van der Waals surface area contributed by atoms with Crippen LogP contribution in [0.15, 0.2) is 36.4 Å². The van der Waals surface area contributed by atoms with E-state index in [1.807, 2.05) is 38.1 Å². The van der Waals surface area contributed by atoms with Gasteiger partial charge in [-0.05, 0) is 87.8 Å². The zero-order valence-electron chi connectivity index (χ0n) is 17.1. The first-order chi connectivity index (χ1) is 13.3. The molecular formula is C22H28N2O3S. The summed E-state index contributed by atoms with van der Waals surface area (Å²) in [6.45, 7) is 10.6. The van der Waals surface area contributed by atoms with Gasteiger partial charge in [-0.3, -0.25) is 0 Å². The first-order valence-corrected chi connectivity index (χ1v) is 9.77. The molecule has 0 saturated heterocycles. The number of thiocarbonyl (C=S) groups is 1. The molecular weight excluding hydrogens is 372 g/mol. The van der Waals surface area contributed by atoms with Gasteiger partial charge in [0.25, 0.3) is 0 Å². The van der Waals surface area contributed by atoms with Crippen LogP contribution in [-0.2, 0) is 4.74 Å². The summed E-state index contributed by atoms with van der Waals surface area (Å²) in [5.74, 6) is 0.506. The summed E-state index contributed by atoms with van der Waals surface area (Å²) < 4.78 is 10.9. The molecule has 0 aromatic heterocycles. The van der Waals surface area contributed by atoms with E-state index < -0.39 is 0 Å². The number of benzene rings is 2. The maximum atomic E-state index is 12.0. The molecule has 0 heterocycles. The lowest BCUT2D eigenvalue weighted by atomic mass is 10.1. The minimum atomic E-state index is -0.335. The van der Waals surface area contributed by atoms with E-state index in [1.165, 1.54) is 11.1 Å². The Labute approximate surface area is 172 Å². The van der Waals surface area contributed by atoms with Crippen molar-refractivity contribution in [3.8, 4) is 5.75 Å². The predicted octanol–water partition coefficient (Wildman–Crippen LogP) is 4.54. The Morgan fingerprint density at radius 3 is 2.57 bits per heavy atom. The zero-order chi connectivity index (χ0) is 20.7. The lowest BCUT2D eigenvalue weighted by molar-refractivity contribution is 0.0525. The maximum Gasteiger partial charge on any atom is 0.338 e. The van der Waals surface area contributed by atoms with Crippen LogP contribution in [0.2, 0.25) is 0 Å². The molecule has 0 fully saturated rings. The van der Waals surface area contributed by atoms with E-state index in [2.05, 4.69) is 24.5 Å². The molecule has 150 valence electrons. The molecule has 0 amide bonds. The number of carbonyl (C=O) groups excluding carboxylic acids is 1. The molecule has 0 bridgehead atoms. The summed E-state index contributed by atoms with van der Waals surface area (Å²) >= 11 is 5.41. The molecule has 0 saturated carbocycles. The van der Waals surface area contributed by atoms with Gasteiger partial charge in [-0.25, -0.2) is 4.79 Å². The van der Waals surface area contributed by atoms with Gasteiger partial charge in [0.2, 0.25) is 0 Å². The highest BCUT2D eigenvalue weighted by atomic mass is 32.1. The predicted molar refractivity (Wildman–Crippen MR) is 117 cm³/mol. The molecule has 2 aromatic carbocycles. The van der Waals surface area contributed by atoms with Gasteiger partial charge in [-0.15, -0.1) is 0 Å². The number of ether oxygens (including phenoxy) is 2. The second-order valence-electron chi connectivity index (χ2n) is 6.76. The van der Waals surface area contributed by atoms with Gasteiger partial charge in [-0.1, -0.05) is 12.1 Å². The lowest BCUT2D eigenvalue weighted by Gasteiger charge is -2.19. The van der Waals surface area contributed by atoms with Crippen LogP contribution in [0.25, 0.3) is 0 Å². The largest absolute Gasteiger partial charge is 0.491 e. The van der Waals surface area contributed by atoms with E-state index >= 15 is 0 Å².